The number of unbranched alkanes of at least 4 members (excludes halogenated alkanes) is 1. The highest BCUT2D eigenvalue weighted by atomic mass is 32.2. The van der Waals surface area contributed by atoms with Crippen LogP contribution in [0.3, 0.4) is 0 Å². The van der Waals surface area contributed by atoms with Gasteiger partial charge in [-0.2, -0.15) is 0 Å². The van der Waals surface area contributed by atoms with Gasteiger partial charge in [0.25, 0.3) is 0 Å². The monoisotopic (exact) mass is 265 g/mol. The number of benzene rings is 1. The minimum atomic E-state index is 0.792. The highest BCUT2D eigenvalue weighted by Crippen LogP contribution is 2.21. The van der Waals surface area contributed by atoms with E-state index in [-0.39, 0.29) is 0 Å². The normalized spacial score (nSPS) is 14.9. The second-order valence-corrected chi connectivity index (χ2v) is 6.02. The molecule has 0 saturated heterocycles. The van der Waals surface area contributed by atoms with Crippen LogP contribution in [0.25, 0.3) is 0 Å². The molecule has 1 aliphatic carbocycles. The summed E-state index contributed by atoms with van der Waals surface area (Å²) in [6.45, 7) is 1.90. The Balaban J connectivity index is 1.63. The number of ether oxygens (including phenoxy) is 1. The molecule has 0 aliphatic heterocycles. The number of rotatable bonds is 9. The topological polar surface area (TPSA) is 21.3 Å². The van der Waals surface area contributed by atoms with Gasteiger partial charge >= 0.3 is 0 Å². The Morgan fingerprint density at radius 2 is 2.00 bits per heavy atom. The molecular weight excluding hydrogens is 242 g/mol. The van der Waals surface area contributed by atoms with Crippen LogP contribution < -0.4 is 5.32 Å². The summed E-state index contributed by atoms with van der Waals surface area (Å²) in [6, 6.07) is 9.76. The van der Waals surface area contributed by atoms with Crippen LogP contribution in [0.2, 0.25) is 0 Å². The van der Waals surface area contributed by atoms with Crippen molar-refractivity contribution in [3.63, 3.8) is 0 Å². The maximum atomic E-state index is 5.04. The first kappa shape index (κ1) is 13.9. The first-order chi connectivity index (χ1) is 8.88. The maximum Gasteiger partial charge on any atom is 0.0462 e. The summed E-state index contributed by atoms with van der Waals surface area (Å²) in [7, 11) is 1.77. The van der Waals surface area contributed by atoms with Crippen molar-refractivity contribution < 1.29 is 4.74 Å². The Hall–Kier alpha value is -0.510. The lowest BCUT2D eigenvalue weighted by molar-refractivity contribution is 0.194. The quantitative estimate of drug-likeness (QED) is 0.546. The molecule has 0 radical (unpaired) electrons. The molecule has 1 aliphatic rings. The molecule has 0 heterocycles. The van der Waals surface area contributed by atoms with E-state index in [1.807, 2.05) is 11.8 Å². The average molecular weight is 265 g/mol. The van der Waals surface area contributed by atoms with E-state index in [1.54, 1.807) is 7.11 Å². The summed E-state index contributed by atoms with van der Waals surface area (Å²) in [5, 5.41) is 3.54. The zero-order valence-corrected chi connectivity index (χ0v) is 12.0. The number of hydrogen-bond donors (Lipinski definition) is 1. The molecule has 1 aromatic rings. The van der Waals surface area contributed by atoms with E-state index >= 15 is 0 Å². The van der Waals surface area contributed by atoms with Gasteiger partial charge in [-0.25, -0.2) is 0 Å². The van der Waals surface area contributed by atoms with Crippen molar-refractivity contribution in [2.75, 3.05) is 19.5 Å². The second-order valence-electron chi connectivity index (χ2n) is 4.85. The lowest BCUT2D eigenvalue weighted by Crippen LogP contribution is -2.14. The van der Waals surface area contributed by atoms with Crippen molar-refractivity contribution in [2.24, 2.45) is 0 Å². The van der Waals surface area contributed by atoms with Gasteiger partial charge in [0.05, 0.1) is 0 Å². The van der Waals surface area contributed by atoms with E-state index in [2.05, 4.69) is 29.6 Å². The molecule has 1 N–H and O–H groups in total. The van der Waals surface area contributed by atoms with Crippen molar-refractivity contribution in [1.82, 2.24) is 5.32 Å². The van der Waals surface area contributed by atoms with Gasteiger partial charge < -0.3 is 10.1 Å². The first-order valence-corrected chi connectivity index (χ1v) is 7.81. The third-order valence-corrected chi connectivity index (χ3v) is 4.21. The summed E-state index contributed by atoms with van der Waals surface area (Å²) < 4.78 is 5.04. The molecule has 0 bridgehead atoms. The summed E-state index contributed by atoms with van der Waals surface area (Å²) >= 11 is 1.94. The molecule has 0 amide bonds. The minimum Gasteiger partial charge on any atom is -0.385 e. The Labute approximate surface area is 114 Å². The van der Waals surface area contributed by atoms with E-state index in [4.69, 9.17) is 4.74 Å². The van der Waals surface area contributed by atoms with Crippen LogP contribution in [0.1, 0.15) is 31.2 Å². The predicted molar refractivity (Wildman–Crippen MR) is 78.1 cm³/mol. The van der Waals surface area contributed by atoms with Crippen molar-refractivity contribution in [1.29, 1.82) is 0 Å². The molecule has 2 nitrogen and oxygen atoms in total. The van der Waals surface area contributed by atoms with E-state index in [0.29, 0.717) is 0 Å². The van der Waals surface area contributed by atoms with E-state index < -0.39 is 0 Å². The van der Waals surface area contributed by atoms with Crippen LogP contribution in [-0.4, -0.2) is 25.5 Å². The van der Waals surface area contributed by atoms with Crippen LogP contribution in [0.5, 0.6) is 0 Å². The Morgan fingerprint density at radius 3 is 2.67 bits per heavy atom. The maximum absolute atomic E-state index is 5.04. The fourth-order valence-corrected chi connectivity index (χ4v) is 2.70. The highest BCUT2D eigenvalue weighted by molar-refractivity contribution is 7.99. The third-order valence-electron chi connectivity index (χ3n) is 3.11. The molecule has 18 heavy (non-hydrogen) atoms. The molecule has 1 fully saturated rings. The molecule has 0 unspecified atom stereocenters. The summed E-state index contributed by atoms with van der Waals surface area (Å²) in [5.41, 5.74) is 1.39. The van der Waals surface area contributed by atoms with Gasteiger partial charge in [0, 0.05) is 31.2 Å². The second kappa shape index (κ2) is 7.82. The molecule has 3 heteroatoms. The molecule has 1 saturated carbocycles. The third kappa shape index (κ3) is 5.42. The lowest BCUT2D eigenvalue weighted by Gasteiger charge is -2.05. The number of hydrogen-bond acceptors (Lipinski definition) is 3. The van der Waals surface area contributed by atoms with Crippen molar-refractivity contribution in [3.8, 4) is 0 Å². The molecule has 0 spiro atoms. The van der Waals surface area contributed by atoms with Gasteiger partial charge in [-0.1, -0.05) is 12.1 Å². The predicted octanol–water partition coefficient (Wildman–Crippen LogP) is 3.46. The van der Waals surface area contributed by atoms with Gasteiger partial charge in [-0.3, -0.25) is 0 Å². The zero-order valence-electron chi connectivity index (χ0n) is 11.2. The van der Waals surface area contributed by atoms with Crippen LogP contribution in [0.15, 0.2) is 29.2 Å². The van der Waals surface area contributed by atoms with Crippen LogP contribution in [0, 0.1) is 0 Å². The number of methoxy groups -OCH3 is 1. The van der Waals surface area contributed by atoms with Crippen LogP contribution in [-0.2, 0) is 11.3 Å². The van der Waals surface area contributed by atoms with Crippen molar-refractivity contribution in [3.05, 3.63) is 29.8 Å². The summed E-state index contributed by atoms with van der Waals surface area (Å²) in [6.07, 6.45) is 5.10. The Kier molecular flexibility index (Phi) is 6.05. The fraction of sp³-hybridized carbons (Fsp3) is 0.600. The van der Waals surface area contributed by atoms with E-state index in [9.17, 15) is 0 Å². The molecular formula is C15H23NOS. The van der Waals surface area contributed by atoms with Gasteiger partial charge in [0.1, 0.15) is 0 Å². The largest absolute Gasteiger partial charge is 0.385 e. The first-order valence-electron chi connectivity index (χ1n) is 6.82. The van der Waals surface area contributed by atoms with Gasteiger partial charge in [0.15, 0.2) is 0 Å². The lowest BCUT2D eigenvalue weighted by atomic mass is 10.2. The van der Waals surface area contributed by atoms with Crippen molar-refractivity contribution >= 4 is 11.8 Å². The van der Waals surface area contributed by atoms with E-state index in [1.165, 1.54) is 35.5 Å². The van der Waals surface area contributed by atoms with Crippen molar-refractivity contribution in [2.45, 2.75) is 43.2 Å². The Bertz CT molecular complexity index is 335. The Morgan fingerprint density at radius 1 is 1.22 bits per heavy atom. The van der Waals surface area contributed by atoms with Gasteiger partial charge in [-0.05, 0) is 49.1 Å². The number of nitrogens with one attached hydrogen (secondary N) is 1. The molecule has 1 aromatic carbocycles. The molecule has 0 atom stereocenters. The smallest absolute Gasteiger partial charge is 0.0462 e. The van der Waals surface area contributed by atoms with Gasteiger partial charge in [-0.15, -0.1) is 11.8 Å². The zero-order chi connectivity index (χ0) is 12.6. The van der Waals surface area contributed by atoms with E-state index in [0.717, 1.165) is 25.6 Å². The molecule has 2 rings (SSSR count). The SMILES string of the molecule is COCCCCSc1ccc(CNC2CC2)cc1. The summed E-state index contributed by atoms with van der Waals surface area (Å²) in [4.78, 5) is 1.38. The molecule has 0 aromatic heterocycles. The fourth-order valence-electron chi connectivity index (χ4n) is 1.79. The number of thioether (sulfide) groups is 1. The standard InChI is InChI=1S/C15H23NOS/c1-17-10-2-3-11-18-15-8-4-13(5-9-15)12-16-14-6-7-14/h4-5,8-9,14,16H,2-3,6-7,10-12H2,1H3. The highest BCUT2D eigenvalue weighted by Gasteiger charge is 2.19. The average Bonchev–Trinajstić information content (AvgIpc) is 3.22. The minimum absolute atomic E-state index is 0.792. The van der Waals surface area contributed by atoms with Crippen LogP contribution in [0.4, 0.5) is 0 Å². The van der Waals surface area contributed by atoms with Gasteiger partial charge in [0.2, 0.25) is 0 Å². The van der Waals surface area contributed by atoms with Crippen LogP contribution >= 0.6 is 11.8 Å². The molecule has 100 valence electrons. The summed E-state index contributed by atoms with van der Waals surface area (Å²) in [5.74, 6) is 1.18.